The second kappa shape index (κ2) is 13.7. The van der Waals surface area contributed by atoms with E-state index in [-0.39, 0.29) is 5.75 Å². The fourth-order valence-corrected chi connectivity index (χ4v) is 4.26. The first-order valence-electron chi connectivity index (χ1n) is 10.9. The van der Waals surface area contributed by atoms with Crippen molar-refractivity contribution in [2.24, 2.45) is 0 Å². The van der Waals surface area contributed by atoms with Gasteiger partial charge in [-0.05, 0) is 30.7 Å². The summed E-state index contributed by atoms with van der Waals surface area (Å²) in [6.45, 7) is 2.28. The van der Waals surface area contributed by atoms with E-state index in [1.54, 1.807) is 23.5 Å². The number of unbranched alkanes of at least 4 members (excludes halogenated alkanes) is 12. The molecule has 0 atom stereocenters. The first kappa shape index (κ1) is 21.9. The number of aryl methyl sites for hydroxylation is 1. The molecule has 3 nitrogen and oxygen atoms in total. The van der Waals surface area contributed by atoms with Crippen LogP contribution in [0.15, 0.2) is 24.3 Å². The van der Waals surface area contributed by atoms with Crippen LogP contribution >= 0.6 is 11.3 Å². The van der Waals surface area contributed by atoms with Crippen molar-refractivity contribution in [3.63, 3.8) is 0 Å². The molecular weight excluding hydrogens is 352 g/mol. The molecule has 1 aromatic heterocycles. The van der Waals surface area contributed by atoms with Gasteiger partial charge in [0, 0.05) is 12.0 Å². The van der Waals surface area contributed by atoms with Gasteiger partial charge in [0.25, 0.3) is 0 Å². The van der Waals surface area contributed by atoms with Gasteiger partial charge < -0.3 is 5.11 Å². The molecule has 0 aliphatic carbocycles. The van der Waals surface area contributed by atoms with Crippen LogP contribution in [0.4, 0.5) is 0 Å². The van der Waals surface area contributed by atoms with Crippen molar-refractivity contribution in [1.82, 2.24) is 10.2 Å². The maximum Gasteiger partial charge on any atom is 0.147 e. The molecule has 2 rings (SSSR count). The number of benzene rings is 1. The van der Waals surface area contributed by atoms with Gasteiger partial charge in [0.1, 0.15) is 15.8 Å². The largest absolute Gasteiger partial charge is 0.508 e. The van der Waals surface area contributed by atoms with Gasteiger partial charge in [-0.2, -0.15) is 0 Å². The van der Waals surface area contributed by atoms with Crippen molar-refractivity contribution in [1.29, 1.82) is 0 Å². The van der Waals surface area contributed by atoms with Gasteiger partial charge in [-0.25, -0.2) is 0 Å². The third-order valence-electron chi connectivity index (χ3n) is 5.08. The second-order valence-corrected chi connectivity index (χ2v) is 8.60. The number of aromatic nitrogens is 2. The van der Waals surface area contributed by atoms with E-state index < -0.39 is 0 Å². The number of phenols is 1. The number of nitrogens with zero attached hydrogens (tertiary/aromatic N) is 2. The molecule has 150 valence electrons. The lowest BCUT2D eigenvalue weighted by molar-refractivity contribution is 0.475. The van der Waals surface area contributed by atoms with E-state index in [0.717, 1.165) is 22.0 Å². The fourth-order valence-electron chi connectivity index (χ4n) is 3.37. The smallest absolute Gasteiger partial charge is 0.147 e. The van der Waals surface area contributed by atoms with E-state index in [9.17, 15) is 5.11 Å². The summed E-state index contributed by atoms with van der Waals surface area (Å²) in [4.78, 5) is 0. The molecule has 1 heterocycles. The quantitative estimate of drug-likeness (QED) is 0.320. The van der Waals surface area contributed by atoms with Crippen molar-refractivity contribution in [3.8, 4) is 16.3 Å². The highest BCUT2D eigenvalue weighted by Crippen LogP contribution is 2.26. The molecule has 1 aromatic carbocycles. The number of hydrogen-bond donors (Lipinski definition) is 1. The topological polar surface area (TPSA) is 46.0 Å². The Bertz CT molecular complexity index is 609. The zero-order valence-electron chi connectivity index (χ0n) is 17.0. The van der Waals surface area contributed by atoms with Gasteiger partial charge >= 0.3 is 0 Å². The van der Waals surface area contributed by atoms with E-state index in [1.165, 1.54) is 83.5 Å². The monoisotopic (exact) mass is 388 g/mol. The summed E-state index contributed by atoms with van der Waals surface area (Å²) < 4.78 is 0. The molecule has 0 aliphatic rings. The van der Waals surface area contributed by atoms with E-state index in [2.05, 4.69) is 17.1 Å². The number of rotatable bonds is 15. The Balaban J connectivity index is 1.45. The third kappa shape index (κ3) is 9.37. The van der Waals surface area contributed by atoms with E-state index in [4.69, 9.17) is 0 Å². The predicted molar refractivity (Wildman–Crippen MR) is 116 cm³/mol. The highest BCUT2D eigenvalue weighted by molar-refractivity contribution is 7.14. The van der Waals surface area contributed by atoms with Crippen molar-refractivity contribution in [2.75, 3.05) is 0 Å². The summed E-state index contributed by atoms with van der Waals surface area (Å²) in [5, 5.41) is 20.0. The Kier molecular flexibility index (Phi) is 11.1. The van der Waals surface area contributed by atoms with Gasteiger partial charge in [0.15, 0.2) is 0 Å². The van der Waals surface area contributed by atoms with Crippen LogP contribution in [-0.2, 0) is 6.42 Å². The number of phenolic OH excluding ortho intramolecular Hbond substituents is 1. The predicted octanol–water partition coefficient (Wildman–Crippen LogP) is 7.54. The van der Waals surface area contributed by atoms with E-state index in [1.807, 2.05) is 12.1 Å². The van der Waals surface area contributed by atoms with Crippen LogP contribution in [0.25, 0.3) is 10.6 Å². The maximum absolute atomic E-state index is 9.36. The van der Waals surface area contributed by atoms with Crippen LogP contribution in [0.1, 0.15) is 95.4 Å². The van der Waals surface area contributed by atoms with Crippen LogP contribution < -0.4 is 0 Å². The molecule has 0 spiro atoms. The van der Waals surface area contributed by atoms with Crippen LogP contribution in [0, 0.1) is 0 Å². The average molecular weight is 389 g/mol. The van der Waals surface area contributed by atoms with Gasteiger partial charge in [-0.15, -0.1) is 10.2 Å². The molecule has 0 radical (unpaired) electrons. The summed E-state index contributed by atoms with van der Waals surface area (Å²) in [6, 6.07) is 7.18. The summed E-state index contributed by atoms with van der Waals surface area (Å²) in [6.07, 6.45) is 19.0. The average Bonchev–Trinajstić information content (AvgIpc) is 3.15. The Labute approximate surface area is 169 Å². The zero-order chi connectivity index (χ0) is 19.2. The molecule has 27 heavy (non-hydrogen) atoms. The molecule has 1 N–H and O–H groups in total. The van der Waals surface area contributed by atoms with Gasteiger partial charge in [-0.1, -0.05) is 95.3 Å². The van der Waals surface area contributed by atoms with Crippen molar-refractivity contribution in [2.45, 2.75) is 96.8 Å². The normalized spacial score (nSPS) is 11.1. The first-order valence-corrected chi connectivity index (χ1v) is 11.7. The Morgan fingerprint density at radius 1 is 0.704 bits per heavy atom. The lowest BCUT2D eigenvalue weighted by Crippen LogP contribution is -1.86. The summed E-state index contributed by atoms with van der Waals surface area (Å²) in [5.41, 5.74) is 1.03. The summed E-state index contributed by atoms with van der Waals surface area (Å²) in [7, 11) is 0. The minimum absolute atomic E-state index is 0.287. The SMILES string of the molecule is CCCCCCCCCCCCCCCc1nnc(-c2ccc(O)cc2)s1. The molecule has 0 saturated carbocycles. The standard InChI is InChI=1S/C23H36N2OS/c1-2-3-4-5-6-7-8-9-10-11-12-13-14-15-22-24-25-23(27-22)20-16-18-21(26)19-17-20/h16-19,26H,2-15H2,1H3. The lowest BCUT2D eigenvalue weighted by Gasteiger charge is -2.02. The van der Waals surface area contributed by atoms with E-state index in [0.29, 0.717) is 0 Å². The Morgan fingerprint density at radius 3 is 1.78 bits per heavy atom. The Hall–Kier alpha value is -1.42. The molecule has 0 fully saturated rings. The molecular formula is C23H36N2OS. The lowest BCUT2D eigenvalue weighted by atomic mass is 10.0. The van der Waals surface area contributed by atoms with Crippen LogP contribution in [0.2, 0.25) is 0 Å². The molecule has 0 amide bonds. The fraction of sp³-hybridized carbons (Fsp3) is 0.652. The maximum atomic E-state index is 9.36. The summed E-state index contributed by atoms with van der Waals surface area (Å²) >= 11 is 1.67. The molecule has 0 saturated heterocycles. The number of hydrogen-bond acceptors (Lipinski definition) is 4. The third-order valence-corrected chi connectivity index (χ3v) is 6.11. The molecule has 4 heteroatoms. The number of aromatic hydroxyl groups is 1. The highest BCUT2D eigenvalue weighted by atomic mass is 32.1. The van der Waals surface area contributed by atoms with Gasteiger partial charge in [-0.3, -0.25) is 0 Å². The van der Waals surface area contributed by atoms with Crippen LogP contribution in [0.3, 0.4) is 0 Å². The van der Waals surface area contributed by atoms with Crippen molar-refractivity contribution in [3.05, 3.63) is 29.3 Å². The molecule has 0 unspecified atom stereocenters. The minimum atomic E-state index is 0.287. The van der Waals surface area contributed by atoms with Gasteiger partial charge in [0.2, 0.25) is 0 Å². The van der Waals surface area contributed by atoms with Crippen molar-refractivity contribution >= 4 is 11.3 Å². The molecule has 0 aliphatic heterocycles. The van der Waals surface area contributed by atoms with Crippen molar-refractivity contribution < 1.29 is 5.11 Å². The molecule has 2 aromatic rings. The summed E-state index contributed by atoms with van der Waals surface area (Å²) in [5.74, 6) is 0.287. The second-order valence-electron chi connectivity index (χ2n) is 7.54. The first-order chi connectivity index (χ1) is 13.3. The highest BCUT2D eigenvalue weighted by Gasteiger charge is 2.06. The zero-order valence-corrected chi connectivity index (χ0v) is 17.8. The van der Waals surface area contributed by atoms with Gasteiger partial charge in [0.05, 0.1) is 0 Å². The minimum Gasteiger partial charge on any atom is -0.508 e. The van der Waals surface area contributed by atoms with Crippen LogP contribution in [-0.4, -0.2) is 15.3 Å². The van der Waals surface area contributed by atoms with E-state index >= 15 is 0 Å². The van der Waals surface area contributed by atoms with Crippen LogP contribution in [0.5, 0.6) is 5.75 Å². The Morgan fingerprint density at radius 2 is 1.22 bits per heavy atom. The molecule has 0 bridgehead atoms.